The fourth-order valence-corrected chi connectivity index (χ4v) is 9.76. The molecule has 1 spiro atoms. The predicted octanol–water partition coefficient (Wildman–Crippen LogP) is 4.67. The number of likely N-dealkylation sites (tertiary alicyclic amines) is 1. The van der Waals surface area contributed by atoms with Crippen LogP contribution < -0.4 is 14.5 Å². The number of amides is 3. The van der Waals surface area contributed by atoms with E-state index >= 15 is 0 Å². The number of aliphatic hydroxyl groups is 1. The maximum absolute atomic E-state index is 14.8. The molecule has 4 heterocycles. The first-order chi connectivity index (χ1) is 21.1. The van der Waals surface area contributed by atoms with Gasteiger partial charge in [0.05, 0.1) is 35.8 Å². The van der Waals surface area contributed by atoms with Gasteiger partial charge in [0, 0.05) is 29.2 Å². The summed E-state index contributed by atoms with van der Waals surface area (Å²) >= 11 is 1.56. The molecule has 6 atom stereocenters. The van der Waals surface area contributed by atoms with Crippen molar-refractivity contribution in [3.8, 4) is 5.75 Å². The number of ether oxygens (including phenoxy) is 1. The van der Waals surface area contributed by atoms with Crippen LogP contribution in [0, 0.1) is 25.7 Å². The molecular weight excluding hydrogens is 574 g/mol. The maximum atomic E-state index is 14.8. The molecule has 1 unspecified atom stereocenters. The third-order valence-corrected chi connectivity index (χ3v) is 11.5. The number of fused-ring (bicyclic) bond motifs is 2. The lowest BCUT2D eigenvalue weighted by molar-refractivity contribution is -0.142. The lowest BCUT2D eigenvalue weighted by atomic mass is 9.74. The van der Waals surface area contributed by atoms with Gasteiger partial charge in [-0.25, -0.2) is 0 Å². The summed E-state index contributed by atoms with van der Waals surface area (Å²) in [5.74, 6) is -1.32. The molecule has 2 aromatic rings. The monoisotopic (exact) mass is 615 g/mol. The van der Waals surface area contributed by atoms with Gasteiger partial charge in [0.25, 0.3) is 5.91 Å². The van der Waals surface area contributed by atoms with Gasteiger partial charge in [-0.1, -0.05) is 43.4 Å². The van der Waals surface area contributed by atoms with E-state index in [4.69, 9.17) is 4.74 Å². The molecule has 232 valence electrons. The Kier molecular flexibility index (Phi) is 7.91. The number of nitrogens with zero attached hydrogens (tertiary/aromatic N) is 3. The summed E-state index contributed by atoms with van der Waals surface area (Å²) in [6.45, 7) is 10.9. The molecule has 6 rings (SSSR count). The zero-order valence-electron chi connectivity index (χ0n) is 26.0. The first kappa shape index (κ1) is 30.5. The molecule has 0 saturated carbocycles. The molecule has 0 aromatic heterocycles. The minimum Gasteiger partial charge on any atom is -0.494 e. The average Bonchev–Trinajstić information content (AvgIpc) is 3.27. The van der Waals surface area contributed by atoms with Gasteiger partial charge in [0.2, 0.25) is 11.8 Å². The third-order valence-electron chi connectivity index (χ3n) is 9.69. The molecule has 44 heavy (non-hydrogen) atoms. The normalized spacial score (nSPS) is 30.2. The van der Waals surface area contributed by atoms with E-state index in [2.05, 4.69) is 6.08 Å². The van der Waals surface area contributed by atoms with Crippen molar-refractivity contribution in [2.24, 2.45) is 11.8 Å². The summed E-state index contributed by atoms with van der Waals surface area (Å²) < 4.78 is 3.91. The van der Waals surface area contributed by atoms with Crippen LogP contribution in [0.1, 0.15) is 38.3 Å². The van der Waals surface area contributed by atoms with Crippen LogP contribution in [0.4, 0.5) is 11.4 Å². The zero-order valence-corrected chi connectivity index (χ0v) is 26.8. The highest BCUT2D eigenvalue weighted by atomic mass is 32.2. The van der Waals surface area contributed by atoms with Crippen LogP contribution in [0.2, 0.25) is 0 Å². The van der Waals surface area contributed by atoms with Crippen molar-refractivity contribution < 1.29 is 24.2 Å². The average molecular weight is 616 g/mol. The van der Waals surface area contributed by atoms with E-state index in [1.165, 1.54) is 0 Å². The summed E-state index contributed by atoms with van der Waals surface area (Å²) in [4.78, 5) is 49.3. The SMILES string of the molecule is CCOc1ccc(N2CC=C[C@]3(C)S[C@]45C=CCN(c6cc(C)ccc6C)C(=O)C4N([C@@H](CC)CO)C(=O)[C@@H]5[C@@H]3C2=O)cc1. The van der Waals surface area contributed by atoms with Gasteiger partial charge in [-0.3, -0.25) is 14.4 Å². The van der Waals surface area contributed by atoms with E-state index in [1.807, 2.05) is 95.3 Å². The van der Waals surface area contributed by atoms with Crippen molar-refractivity contribution in [3.05, 3.63) is 77.9 Å². The van der Waals surface area contributed by atoms with Crippen molar-refractivity contribution in [2.45, 2.75) is 62.6 Å². The largest absolute Gasteiger partial charge is 0.494 e. The molecule has 3 amide bonds. The van der Waals surface area contributed by atoms with Crippen LogP contribution in [-0.4, -0.2) is 75.6 Å². The lowest BCUT2D eigenvalue weighted by Crippen LogP contribution is -2.57. The molecule has 4 aliphatic heterocycles. The maximum Gasteiger partial charge on any atom is 0.251 e. The highest BCUT2D eigenvalue weighted by Crippen LogP contribution is 2.66. The molecule has 9 heteroatoms. The van der Waals surface area contributed by atoms with E-state index in [9.17, 15) is 19.5 Å². The number of hydrogen-bond acceptors (Lipinski definition) is 6. The summed E-state index contributed by atoms with van der Waals surface area (Å²) in [5.41, 5.74) is 3.55. The smallest absolute Gasteiger partial charge is 0.251 e. The number of carbonyl (C=O) groups excluding carboxylic acids is 3. The summed E-state index contributed by atoms with van der Waals surface area (Å²) in [7, 11) is 0. The van der Waals surface area contributed by atoms with Gasteiger partial charge >= 0.3 is 0 Å². The second kappa shape index (κ2) is 11.4. The Morgan fingerprint density at radius 3 is 2.32 bits per heavy atom. The van der Waals surface area contributed by atoms with Crippen LogP contribution >= 0.6 is 11.8 Å². The van der Waals surface area contributed by atoms with E-state index in [-0.39, 0.29) is 24.3 Å². The van der Waals surface area contributed by atoms with Crippen molar-refractivity contribution >= 4 is 40.9 Å². The van der Waals surface area contributed by atoms with Crippen molar-refractivity contribution in [3.63, 3.8) is 0 Å². The third kappa shape index (κ3) is 4.58. The number of thioether (sulfide) groups is 1. The van der Waals surface area contributed by atoms with Crippen LogP contribution in [0.5, 0.6) is 5.75 Å². The van der Waals surface area contributed by atoms with Gasteiger partial charge in [-0.05, 0) is 75.6 Å². The molecule has 2 saturated heterocycles. The molecule has 1 N–H and O–H groups in total. The van der Waals surface area contributed by atoms with Crippen molar-refractivity contribution in [1.82, 2.24) is 4.90 Å². The Labute approximate surface area is 263 Å². The Morgan fingerprint density at radius 1 is 0.932 bits per heavy atom. The zero-order chi connectivity index (χ0) is 31.4. The number of rotatable bonds is 7. The van der Waals surface area contributed by atoms with E-state index in [0.717, 1.165) is 28.3 Å². The highest BCUT2D eigenvalue weighted by molar-refractivity contribution is 8.02. The summed E-state index contributed by atoms with van der Waals surface area (Å²) in [6, 6.07) is 12.1. The fourth-order valence-electron chi connectivity index (χ4n) is 7.62. The number of anilines is 2. The molecule has 2 fully saturated rings. The first-order valence-corrected chi connectivity index (χ1v) is 16.3. The Balaban J connectivity index is 1.47. The molecule has 0 aliphatic carbocycles. The molecule has 0 bridgehead atoms. The topological polar surface area (TPSA) is 90.4 Å². The molecular formula is C35H41N3O5S. The predicted molar refractivity (Wildman–Crippen MR) is 174 cm³/mol. The quantitative estimate of drug-likeness (QED) is 0.456. The summed E-state index contributed by atoms with van der Waals surface area (Å²) in [6.07, 6.45) is 8.57. The second-order valence-electron chi connectivity index (χ2n) is 12.4. The van der Waals surface area contributed by atoms with E-state index in [0.29, 0.717) is 26.1 Å². The fraction of sp³-hybridized carbons (Fsp3) is 0.457. The summed E-state index contributed by atoms with van der Waals surface area (Å²) in [5, 5.41) is 10.5. The first-order valence-electron chi connectivity index (χ1n) is 15.5. The standard InChI is InChI=1S/C35H41N3O5S/c1-6-24(21-39)38-30-33(42)37(27-20-22(3)10-11-23(27)4)19-9-17-35(30)29(32(38)41)28-31(40)36(18-8-16-34(28,5)44-35)25-12-14-26(15-13-25)43-7-2/h8-17,20,24,28-30,39H,6-7,18-19,21H2,1-5H3/t24-,28+,29-,30?,34-,35-/m0/s1. The Hall–Kier alpha value is -3.56. The number of benzene rings is 2. The second-order valence-corrected chi connectivity index (χ2v) is 14.2. The number of aliphatic hydroxyl groups excluding tert-OH is 1. The van der Waals surface area contributed by atoms with Gasteiger partial charge in [0.15, 0.2) is 0 Å². The Morgan fingerprint density at radius 2 is 1.64 bits per heavy atom. The number of hydrogen-bond donors (Lipinski definition) is 1. The van der Waals surface area contributed by atoms with E-state index in [1.54, 1.807) is 26.5 Å². The number of aryl methyl sites for hydroxylation is 2. The lowest BCUT2D eigenvalue weighted by Gasteiger charge is -2.39. The van der Waals surface area contributed by atoms with Gasteiger partial charge in [0.1, 0.15) is 11.8 Å². The number of carbonyl (C=O) groups is 3. The molecule has 2 aromatic carbocycles. The molecule has 4 aliphatic rings. The highest BCUT2D eigenvalue weighted by Gasteiger charge is 2.74. The van der Waals surface area contributed by atoms with Gasteiger partial charge < -0.3 is 24.5 Å². The van der Waals surface area contributed by atoms with Crippen LogP contribution in [0.15, 0.2) is 66.8 Å². The molecule has 8 nitrogen and oxygen atoms in total. The van der Waals surface area contributed by atoms with E-state index < -0.39 is 33.4 Å². The minimum absolute atomic E-state index is 0.140. The van der Waals surface area contributed by atoms with Gasteiger partial charge in [-0.2, -0.15) is 0 Å². The van der Waals surface area contributed by atoms with Crippen LogP contribution in [0.25, 0.3) is 0 Å². The molecule has 0 radical (unpaired) electrons. The van der Waals surface area contributed by atoms with Crippen molar-refractivity contribution in [1.29, 1.82) is 0 Å². The van der Waals surface area contributed by atoms with Crippen LogP contribution in [-0.2, 0) is 14.4 Å². The van der Waals surface area contributed by atoms with Crippen LogP contribution in [0.3, 0.4) is 0 Å². The van der Waals surface area contributed by atoms with Crippen molar-refractivity contribution in [2.75, 3.05) is 36.1 Å². The minimum atomic E-state index is -0.982. The Bertz CT molecular complexity index is 1540. The van der Waals surface area contributed by atoms with Gasteiger partial charge in [-0.15, -0.1) is 11.8 Å².